The standard InChI is InChI=1S/C12H17N5O/c1-3-17(4-2)11(18)6-7-14-12-10(9-13)5-8-15-16-12/h5,8H,3-4,6-7H2,1-2H3,(H,14,16). The molecule has 0 atom stereocenters. The number of amides is 1. The molecule has 0 spiro atoms. The first-order chi connectivity index (χ1) is 8.72. The molecule has 1 rings (SSSR count). The molecule has 1 heterocycles. The summed E-state index contributed by atoms with van der Waals surface area (Å²) < 4.78 is 0. The van der Waals surface area contributed by atoms with E-state index in [0.29, 0.717) is 37.4 Å². The third-order valence-electron chi connectivity index (χ3n) is 2.59. The molecule has 0 unspecified atom stereocenters. The Bertz CT molecular complexity index is 436. The number of rotatable bonds is 6. The Morgan fingerprint density at radius 1 is 1.50 bits per heavy atom. The molecule has 0 saturated heterocycles. The van der Waals surface area contributed by atoms with Gasteiger partial charge in [0.25, 0.3) is 0 Å². The van der Waals surface area contributed by atoms with Gasteiger partial charge in [0.2, 0.25) is 5.91 Å². The van der Waals surface area contributed by atoms with Crippen LogP contribution >= 0.6 is 0 Å². The van der Waals surface area contributed by atoms with Crippen molar-refractivity contribution in [2.45, 2.75) is 20.3 Å². The van der Waals surface area contributed by atoms with Crippen LogP contribution in [0.15, 0.2) is 12.3 Å². The fourth-order valence-corrected chi connectivity index (χ4v) is 1.57. The summed E-state index contributed by atoms with van der Waals surface area (Å²) in [4.78, 5) is 13.5. The average Bonchev–Trinajstić information content (AvgIpc) is 2.40. The van der Waals surface area contributed by atoms with Gasteiger partial charge < -0.3 is 10.2 Å². The lowest BCUT2D eigenvalue weighted by Gasteiger charge is -2.18. The smallest absolute Gasteiger partial charge is 0.224 e. The number of nitriles is 1. The SMILES string of the molecule is CCN(CC)C(=O)CCNc1nnccc1C#N. The summed E-state index contributed by atoms with van der Waals surface area (Å²) in [6, 6.07) is 3.60. The summed E-state index contributed by atoms with van der Waals surface area (Å²) in [5, 5.41) is 19.3. The molecule has 18 heavy (non-hydrogen) atoms. The highest BCUT2D eigenvalue weighted by Crippen LogP contribution is 2.08. The Hall–Kier alpha value is -2.16. The van der Waals surface area contributed by atoms with Crippen molar-refractivity contribution in [1.29, 1.82) is 5.26 Å². The van der Waals surface area contributed by atoms with E-state index in [0.717, 1.165) is 0 Å². The zero-order valence-corrected chi connectivity index (χ0v) is 10.7. The van der Waals surface area contributed by atoms with Crippen LogP contribution in [0.2, 0.25) is 0 Å². The van der Waals surface area contributed by atoms with Crippen molar-refractivity contribution in [1.82, 2.24) is 15.1 Å². The van der Waals surface area contributed by atoms with Crippen LogP contribution in [0.1, 0.15) is 25.8 Å². The Kier molecular flexibility index (Phi) is 5.58. The molecule has 0 bridgehead atoms. The highest BCUT2D eigenvalue weighted by molar-refractivity contribution is 5.76. The predicted molar refractivity (Wildman–Crippen MR) is 67.8 cm³/mol. The van der Waals surface area contributed by atoms with Gasteiger partial charge >= 0.3 is 0 Å². The number of anilines is 1. The van der Waals surface area contributed by atoms with Crippen molar-refractivity contribution in [2.75, 3.05) is 25.0 Å². The van der Waals surface area contributed by atoms with E-state index in [-0.39, 0.29) is 5.91 Å². The molecule has 0 aliphatic rings. The lowest BCUT2D eigenvalue weighted by Crippen LogP contribution is -2.31. The van der Waals surface area contributed by atoms with Crippen LogP contribution in [-0.4, -0.2) is 40.6 Å². The van der Waals surface area contributed by atoms with Gasteiger partial charge in [-0.2, -0.15) is 10.4 Å². The van der Waals surface area contributed by atoms with Gasteiger partial charge in [-0.1, -0.05) is 0 Å². The van der Waals surface area contributed by atoms with Crippen LogP contribution < -0.4 is 5.32 Å². The van der Waals surface area contributed by atoms with E-state index in [9.17, 15) is 4.79 Å². The molecule has 1 aromatic heterocycles. The first kappa shape index (κ1) is 13.9. The maximum atomic E-state index is 11.7. The van der Waals surface area contributed by atoms with Gasteiger partial charge in [-0.25, -0.2) is 0 Å². The topological polar surface area (TPSA) is 81.9 Å². The van der Waals surface area contributed by atoms with Crippen molar-refractivity contribution in [3.63, 3.8) is 0 Å². The number of hydrogen-bond donors (Lipinski definition) is 1. The third-order valence-corrected chi connectivity index (χ3v) is 2.59. The van der Waals surface area contributed by atoms with Crippen molar-refractivity contribution in [3.8, 4) is 6.07 Å². The van der Waals surface area contributed by atoms with Crippen LogP contribution in [0, 0.1) is 11.3 Å². The highest BCUT2D eigenvalue weighted by atomic mass is 16.2. The zero-order chi connectivity index (χ0) is 13.4. The molecule has 0 aliphatic carbocycles. The molecule has 6 nitrogen and oxygen atoms in total. The zero-order valence-electron chi connectivity index (χ0n) is 10.7. The van der Waals surface area contributed by atoms with Gasteiger partial charge in [0.1, 0.15) is 6.07 Å². The quantitative estimate of drug-likeness (QED) is 0.811. The molecule has 1 amide bonds. The van der Waals surface area contributed by atoms with Crippen LogP contribution in [-0.2, 0) is 4.79 Å². The maximum Gasteiger partial charge on any atom is 0.224 e. The lowest BCUT2D eigenvalue weighted by atomic mass is 10.3. The van der Waals surface area contributed by atoms with Crippen LogP contribution in [0.5, 0.6) is 0 Å². The van der Waals surface area contributed by atoms with E-state index in [4.69, 9.17) is 5.26 Å². The normalized spacial score (nSPS) is 9.61. The monoisotopic (exact) mass is 247 g/mol. The fraction of sp³-hybridized carbons (Fsp3) is 0.500. The first-order valence-electron chi connectivity index (χ1n) is 5.96. The van der Waals surface area contributed by atoms with Gasteiger partial charge in [0.05, 0.1) is 11.8 Å². The molecule has 0 aliphatic heterocycles. The van der Waals surface area contributed by atoms with Crippen molar-refractivity contribution < 1.29 is 4.79 Å². The van der Waals surface area contributed by atoms with E-state index in [1.165, 1.54) is 6.20 Å². The molecule has 0 saturated carbocycles. The molecule has 0 radical (unpaired) electrons. The fourth-order valence-electron chi connectivity index (χ4n) is 1.57. The third kappa shape index (κ3) is 3.70. The number of nitrogens with zero attached hydrogens (tertiary/aromatic N) is 4. The van der Waals surface area contributed by atoms with Crippen molar-refractivity contribution in [3.05, 3.63) is 17.8 Å². The Morgan fingerprint density at radius 3 is 2.83 bits per heavy atom. The molecule has 96 valence electrons. The molecule has 0 fully saturated rings. The van der Waals surface area contributed by atoms with E-state index < -0.39 is 0 Å². The molecular weight excluding hydrogens is 230 g/mol. The number of nitrogens with one attached hydrogen (secondary N) is 1. The minimum absolute atomic E-state index is 0.0925. The van der Waals surface area contributed by atoms with Gasteiger partial charge in [-0.05, 0) is 19.9 Å². The number of aromatic nitrogens is 2. The summed E-state index contributed by atoms with van der Waals surface area (Å²) in [6.07, 6.45) is 1.84. The number of hydrogen-bond acceptors (Lipinski definition) is 5. The maximum absolute atomic E-state index is 11.7. The summed E-state index contributed by atoms with van der Waals surface area (Å²) in [5.74, 6) is 0.516. The summed E-state index contributed by atoms with van der Waals surface area (Å²) >= 11 is 0. The Labute approximate surface area is 107 Å². The second-order valence-corrected chi connectivity index (χ2v) is 3.65. The first-order valence-corrected chi connectivity index (χ1v) is 5.96. The molecule has 1 aromatic rings. The van der Waals surface area contributed by atoms with E-state index in [1.807, 2.05) is 19.9 Å². The van der Waals surface area contributed by atoms with E-state index >= 15 is 0 Å². The minimum Gasteiger partial charge on any atom is -0.367 e. The van der Waals surface area contributed by atoms with Crippen LogP contribution in [0.4, 0.5) is 5.82 Å². The molecular formula is C12H17N5O. The summed E-state index contributed by atoms with van der Waals surface area (Å²) in [5.41, 5.74) is 0.431. The van der Waals surface area contributed by atoms with Gasteiger partial charge in [-0.15, -0.1) is 5.10 Å². The average molecular weight is 247 g/mol. The highest BCUT2D eigenvalue weighted by Gasteiger charge is 2.09. The van der Waals surface area contributed by atoms with E-state index in [1.54, 1.807) is 11.0 Å². The van der Waals surface area contributed by atoms with Crippen LogP contribution in [0.25, 0.3) is 0 Å². The van der Waals surface area contributed by atoms with Gasteiger partial charge in [-0.3, -0.25) is 4.79 Å². The second kappa shape index (κ2) is 7.22. The summed E-state index contributed by atoms with van der Waals surface area (Å²) in [7, 11) is 0. The van der Waals surface area contributed by atoms with Crippen molar-refractivity contribution >= 4 is 11.7 Å². The van der Waals surface area contributed by atoms with Crippen molar-refractivity contribution in [2.24, 2.45) is 0 Å². The van der Waals surface area contributed by atoms with Gasteiger partial charge in [0.15, 0.2) is 5.82 Å². The lowest BCUT2D eigenvalue weighted by molar-refractivity contribution is -0.130. The number of carbonyl (C=O) groups excluding carboxylic acids is 1. The second-order valence-electron chi connectivity index (χ2n) is 3.65. The predicted octanol–water partition coefficient (Wildman–Crippen LogP) is 1.02. The minimum atomic E-state index is 0.0925. The number of carbonyl (C=O) groups is 1. The van der Waals surface area contributed by atoms with Crippen LogP contribution in [0.3, 0.4) is 0 Å². The summed E-state index contributed by atoms with van der Waals surface area (Å²) in [6.45, 7) is 5.77. The largest absolute Gasteiger partial charge is 0.367 e. The Morgan fingerprint density at radius 2 is 2.22 bits per heavy atom. The van der Waals surface area contributed by atoms with E-state index in [2.05, 4.69) is 15.5 Å². The molecule has 6 heteroatoms. The molecule has 0 aromatic carbocycles. The Balaban J connectivity index is 2.47. The molecule has 1 N–H and O–H groups in total. The van der Waals surface area contributed by atoms with Gasteiger partial charge in [0, 0.05) is 26.1 Å².